The van der Waals surface area contributed by atoms with Crippen LogP contribution in [-0.2, 0) is 4.79 Å². The molecule has 0 aromatic heterocycles. The Labute approximate surface area is 109 Å². The van der Waals surface area contributed by atoms with E-state index < -0.39 is 18.0 Å². The van der Waals surface area contributed by atoms with Crippen molar-refractivity contribution in [3.63, 3.8) is 0 Å². The van der Waals surface area contributed by atoms with E-state index in [4.69, 9.17) is 10.00 Å². The SMILES string of the molecule is N#CCOc1cccc(NC(=O)C(F)(F)C(F)(F)F)c1. The number of halogens is 5. The molecule has 0 saturated heterocycles. The molecule has 0 bridgehead atoms. The maximum atomic E-state index is 12.7. The van der Waals surface area contributed by atoms with Crippen LogP contribution in [0.15, 0.2) is 24.3 Å². The molecule has 0 unspecified atom stereocenters. The Morgan fingerprint density at radius 1 is 1.30 bits per heavy atom. The predicted molar refractivity (Wildman–Crippen MR) is 57.2 cm³/mol. The second-order valence-corrected chi connectivity index (χ2v) is 3.50. The number of amides is 1. The molecule has 0 aliphatic heterocycles. The van der Waals surface area contributed by atoms with Crippen LogP contribution < -0.4 is 10.1 Å². The Morgan fingerprint density at radius 3 is 2.50 bits per heavy atom. The Morgan fingerprint density at radius 2 is 1.95 bits per heavy atom. The van der Waals surface area contributed by atoms with E-state index in [1.807, 2.05) is 0 Å². The van der Waals surface area contributed by atoms with Crippen molar-refractivity contribution in [1.82, 2.24) is 0 Å². The third kappa shape index (κ3) is 3.57. The Hall–Kier alpha value is -2.37. The third-order valence-electron chi connectivity index (χ3n) is 2.04. The molecule has 9 heteroatoms. The molecule has 1 rings (SSSR count). The normalized spacial score (nSPS) is 11.6. The van der Waals surface area contributed by atoms with Gasteiger partial charge < -0.3 is 10.1 Å². The summed E-state index contributed by atoms with van der Waals surface area (Å²) in [6.45, 7) is -0.337. The minimum atomic E-state index is -5.98. The van der Waals surface area contributed by atoms with Crippen LogP contribution in [0.1, 0.15) is 0 Å². The van der Waals surface area contributed by atoms with Gasteiger partial charge in [0.15, 0.2) is 6.61 Å². The molecule has 0 heterocycles. The molecule has 0 radical (unpaired) electrons. The topological polar surface area (TPSA) is 62.1 Å². The van der Waals surface area contributed by atoms with Gasteiger partial charge in [0.25, 0.3) is 0 Å². The molecule has 0 spiro atoms. The van der Waals surface area contributed by atoms with Gasteiger partial charge >= 0.3 is 18.0 Å². The van der Waals surface area contributed by atoms with Crippen LogP contribution in [0.2, 0.25) is 0 Å². The molecular formula is C11H7F5N2O2. The molecule has 1 aromatic rings. The van der Waals surface area contributed by atoms with Gasteiger partial charge in [-0.2, -0.15) is 27.2 Å². The van der Waals surface area contributed by atoms with Crippen LogP contribution in [0.4, 0.5) is 27.6 Å². The zero-order valence-corrected chi connectivity index (χ0v) is 9.67. The van der Waals surface area contributed by atoms with Crippen LogP contribution in [0.3, 0.4) is 0 Å². The van der Waals surface area contributed by atoms with E-state index >= 15 is 0 Å². The predicted octanol–water partition coefficient (Wildman–Crippen LogP) is 2.73. The van der Waals surface area contributed by atoms with Gasteiger partial charge in [-0.05, 0) is 12.1 Å². The second kappa shape index (κ2) is 5.73. The Balaban J connectivity index is 2.84. The minimum Gasteiger partial charge on any atom is -0.479 e. The van der Waals surface area contributed by atoms with Crippen LogP contribution in [0.25, 0.3) is 0 Å². The van der Waals surface area contributed by atoms with Crippen molar-refractivity contribution in [3.05, 3.63) is 24.3 Å². The van der Waals surface area contributed by atoms with Gasteiger partial charge in [-0.3, -0.25) is 4.79 Å². The highest BCUT2D eigenvalue weighted by molar-refractivity contribution is 5.96. The highest BCUT2D eigenvalue weighted by Gasteiger charge is 2.63. The minimum absolute atomic E-state index is 0.0414. The molecule has 20 heavy (non-hydrogen) atoms. The smallest absolute Gasteiger partial charge is 0.463 e. The molecule has 1 amide bonds. The number of alkyl halides is 5. The fraction of sp³-hybridized carbons (Fsp3) is 0.273. The van der Waals surface area contributed by atoms with Gasteiger partial charge in [0.05, 0.1) is 0 Å². The lowest BCUT2D eigenvalue weighted by molar-refractivity contribution is -0.267. The Kier molecular flexibility index (Phi) is 4.49. The number of ether oxygens (including phenoxy) is 1. The standard InChI is InChI=1S/C11H7F5N2O2/c12-10(13,11(14,15)16)9(19)18-7-2-1-3-8(6-7)20-5-4-17/h1-3,6H,5H2,(H,18,19). The summed E-state index contributed by atoms with van der Waals surface area (Å²) in [5.74, 6) is -7.96. The zero-order valence-electron chi connectivity index (χ0n) is 9.67. The zero-order chi connectivity index (χ0) is 15.4. The third-order valence-corrected chi connectivity index (χ3v) is 2.04. The van der Waals surface area contributed by atoms with Gasteiger partial charge in [0, 0.05) is 11.8 Å². The highest BCUT2D eigenvalue weighted by atomic mass is 19.4. The number of nitrogens with zero attached hydrogens (tertiary/aromatic N) is 1. The van der Waals surface area contributed by atoms with Gasteiger partial charge in [-0.25, -0.2) is 0 Å². The van der Waals surface area contributed by atoms with Crippen molar-refractivity contribution in [1.29, 1.82) is 5.26 Å². The largest absolute Gasteiger partial charge is 0.479 e. The number of carbonyl (C=O) groups is 1. The molecule has 0 atom stereocenters. The molecule has 0 fully saturated rings. The number of benzene rings is 1. The molecule has 0 aliphatic rings. The second-order valence-electron chi connectivity index (χ2n) is 3.50. The summed E-state index contributed by atoms with van der Waals surface area (Å²) >= 11 is 0. The molecule has 1 aromatic carbocycles. The van der Waals surface area contributed by atoms with Crippen LogP contribution in [0, 0.1) is 11.3 Å². The van der Waals surface area contributed by atoms with Crippen molar-refractivity contribution >= 4 is 11.6 Å². The molecule has 108 valence electrons. The van der Waals surface area contributed by atoms with E-state index in [0.717, 1.165) is 12.1 Å². The van der Waals surface area contributed by atoms with Crippen molar-refractivity contribution in [2.75, 3.05) is 11.9 Å². The molecular weight excluding hydrogens is 287 g/mol. The molecule has 0 saturated carbocycles. The van der Waals surface area contributed by atoms with Crippen molar-refractivity contribution in [3.8, 4) is 11.8 Å². The van der Waals surface area contributed by atoms with E-state index in [2.05, 4.69) is 0 Å². The molecule has 0 aliphatic carbocycles. The fourth-order valence-electron chi connectivity index (χ4n) is 1.12. The monoisotopic (exact) mass is 294 g/mol. The van der Waals surface area contributed by atoms with E-state index in [9.17, 15) is 26.7 Å². The number of nitriles is 1. The number of rotatable bonds is 4. The Bertz CT molecular complexity index is 536. The van der Waals surface area contributed by atoms with Crippen LogP contribution in [0.5, 0.6) is 5.75 Å². The lowest BCUT2D eigenvalue weighted by Gasteiger charge is -2.18. The number of carbonyl (C=O) groups excluding carboxylic acids is 1. The lowest BCUT2D eigenvalue weighted by Crippen LogP contribution is -2.47. The summed E-state index contributed by atoms with van der Waals surface area (Å²) in [5, 5.41) is 9.70. The van der Waals surface area contributed by atoms with Crippen LogP contribution in [-0.4, -0.2) is 24.6 Å². The molecule has 1 N–H and O–H groups in total. The number of anilines is 1. The van der Waals surface area contributed by atoms with E-state index in [1.54, 1.807) is 6.07 Å². The van der Waals surface area contributed by atoms with E-state index in [0.29, 0.717) is 0 Å². The van der Waals surface area contributed by atoms with Crippen LogP contribution >= 0.6 is 0 Å². The maximum Gasteiger partial charge on any atom is 0.463 e. The summed E-state index contributed by atoms with van der Waals surface area (Å²) in [6, 6.07) is 6.36. The van der Waals surface area contributed by atoms with Gasteiger partial charge in [0.1, 0.15) is 11.8 Å². The first kappa shape index (κ1) is 15.7. The molecule has 4 nitrogen and oxygen atoms in total. The van der Waals surface area contributed by atoms with Gasteiger partial charge in [-0.15, -0.1) is 0 Å². The van der Waals surface area contributed by atoms with Crippen molar-refractivity contribution < 1.29 is 31.5 Å². The van der Waals surface area contributed by atoms with Gasteiger partial charge in [-0.1, -0.05) is 6.07 Å². The van der Waals surface area contributed by atoms with E-state index in [1.165, 1.54) is 17.4 Å². The summed E-state index contributed by atoms with van der Waals surface area (Å²) in [4.78, 5) is 10.9. The highest BCUT2D eigenvalue weighted by Crippen LogP contribution is 2.36. The van der Waals surface area contributed by atoms with Crippen molar-refractivity contribution in [2.24, 2.45) is 0 Å². The average molecular weight is 294 g/mol. The summed E-state index contributed by atoms with van der Waals surface area (Å²) < 4.78 is 66.1. The van der Waals surface area contributed by atoms with Gasteiger partial charge in [0.2, 0.25) is 0 Å². The first-order chi connectivity index (χ1) is 9.18. The first-order valence-corrected chi connectivity index (χ1v) is 5.04. The fourth-order valence-corrected chi connectivity index (χ4v) is 1.12. The summed E-state index contributed by atoms with van der Waals surface area (Å²) in [7, 11) is 0. The lowest BCUT2D eigenvalue weighted by atomic mass is 10.2. The van der Waals surface area contributed by atoms with E-state index in [-0.39, 0.29) is 18.0 Å². The number of nitrogens with one attached hydrogen (secondary N) is 1. The first-order valence-electron chi connectivity index (χ1n) is 5.04. The maximum absolute atomic E-state index is 12.7. The number of hydrogen-bond donors (Lipinski definition) is 1. The number of hydrogen-bond acceptors (Lipinski definition) is 3. The average Bonchev–Trinajstić information content (AvgIpc) is 2.35. The quantitative estimate of drug-likeness (QED) is 0.868. The summed E-state index contributed by atoms with van der Waals surface area (Å²) in [5.41, 5.74) is -0.311. The van der Waals surface area contributed by atoms with Crippen molar-refractivity contribution in [2.45, 2.75) is 12.1 Å². The summed E-state index contributed by atoms with van der Waals surface area (Å²) in [6.07, 6.45) is -5.98.